The molecule has 1 aliphatic heterocycles. The van der Waals surface area contributed by atoms with Crippen molar-refractivity contribution in [2.75, 3.05) is 19.4 Å². The predicted molar refractivity (Wildman–Crippen MR) is 174 cm³/mol. The molecule has 3 rings (SSSR count). The van der Waals surface area contributed by atoms with E-state index in [9.17, 15) is 46.3 Å². The van der Waals surface area contributed by atoms with Crippen molar-refractivity contribution >= 4 is 47.1 Å². The lowest BCUT2D eigenvalue weighted by atomic mass is 9.90. The van der Waals surface area contributed by atoms with Crippen LogP contribution < -0.4 is 21.7 Å². The summed E-state index contributed by atoms with van der Waals surface area (Å²) in [5, 5.41) is 6.55. The Morgan fingerprint density at radius 1 is 0.800 bits per heavy atom. The first kappa shape index (κ1) is 39.9. The minimum absolute atomic E-state index is 0.0407. The maximum absolute atomic E-state index is 13.8. The topological polar surface area (TPSA) is 177 Å². The van der Waals surface area contributed by atoms with Gasteiger partial charge in [-0.1, -0.05) is 0 Å². The number of rotatable bonds is 15. The highest BCUT2D eigenvalue weighted by Crippen LogP contribution is 2.34. The zero-order valence-corrected chi connectivity index (χ0v) is 28.6. The van der Waals surface area contributed by atoms with Crippen LogP contribution in [0.3, 0.4) is 0 Å². The van der Waals surface area contributed by atoms with E-state index in [1.54, 1.807) is 0 Å². The summed E-state index contributed by atoms with van der Waals surface area (Å²) >= 11 is 1.23. The van der Waals surface area contributed by atoms with E-state index in [0.717, 1.165) is 31.4 Å². The average Bonchev–Trinajstić information content (AvgIpc) is 3.50. The van der Waals surface area contributed by atoms with E-state index in [1.807, 2.05) is 0 Å². The number of nitrogens with one attached hydrogen (secondary N) is 3. The molecular weight excluding hydrogens is 686 g/mol. The molecule has 4 amide bonds. The molecule has 3 unspecified atom stereocenters. The van der Waals surface area contributed by atoms with Crippen LogP contribution in [0.1, 0.15) is 38.3 Å². The van der Waals surface area contributed by atoms with Crippen molar-refractivity contribution in [1.82, 2.24) is 20.9 Å². The Kier molecular flexibility index (Phi) is 14.3. The third kappa shape index (κ3) is 11.3. The van der Waals surface area contributed by atoms with Crippen LogP contribution in [-0.4, -0.2) is 89.2 Å². The predicted octanol–water partition coefficient (Wildman–Crippen LogP) is 1.52. The molecule has 2 aromatic rings. The molecule has 1 aliphatic rings. The van der Waals surface area contributed by atoms with Gasteiger partial charge in [0.1, 0.15) is 41.4 Å². The maximum Gasteiger partial charge on any atom is 0.322 e. The van der Waals surface area contributed by atoms with Crippen LogP contribution in [0.15, 0.2) is 36.4 Å². The number of Topliss-reactive ketones (excluding diaryl/α,β-unsaturated/α-hetero) is 1. The monoisotopic (exact) mass is 725 g/mol. The van der Waals surface area contributed by atoms with Crippen molar-refractivity contribution in [1.29, 1.82) is 0 Å². The van der Waals surface area contributed by atoms with Gasteiger partial charge >= 0.3 is 5.97 Å². The van der Waals surface area contributed by atoms with Crippen molar-refractivity contribution < 1.29 is 51.1 Å². The maximum atomic E-state index is 13.8. The Morgan fingerprint density at radius 2 is 1.28 bits per heavy atom. The number of nitrogens with two attached hydrogens (primary N) is 1. The normalized spacial score (nSPS) is 17.1. The highest BCUT2D eigenvalue weighted by atomic mass is 32.2. The number of hydrogen-bond acceptors (Lipinski definition) is 9. The Bertz CT molecular complexity index is 1580. The zero-order valence-electron chi connectivity index (χ0n) is 27.8. The lowest BCUT2D eigenvalue weighted by Crippen LogP contribution is -2.55. The van der Waals surface area contributed by atoms with Gasteiger partial charge in [-0.3, -0.25) is 28.8 Å². The van der Waals surface area contributed by atoms with Gasteiger partial charge in [0.15, 0.2) is 5.78 Å². The van der Waals surface area contributed by atoms with E-state index in [2.05, 4.69) is 16.0 Å². The lowest BCUT2D eigenvalue weighted by molar-refractivity contribution is -0.143. The van der Waals surface area contributed by atoms with Gasteiger partial charge in [-0.05, 0) is 62.6 Å². The molecule has 50 heavy (non-hydrogen) atoms. The standard InChI is InChI=1S/C33H39F4N5O7S/c1-16(39-27(43)11-19-7-21(34)13-22(35)8-19)29(45)25(15-26(38)33(48)49-4)32-42(5-6-50-32)31(47)18(3)41-30(46)17(2)40-28(44)12-20-9-23(36)14-24(37)10-20/h7-10,13-14,16-18,25-26,32H,5-6,11-12,15,38H2,1-4H3,(H,39,43)(H,40,44)(H,41,46)/t16-,17-,18-,25?,26?,32?/m0/s1. The summed E-state index contributed by atoms with van der Waals surface area (Å²) in [5.74, 6) is -8.31. The van der Waals surface area contributed by atoms with Gasteiger partial charge in [0.25, 0.3) is 0 Å². The molecule has 1 fully saturated rings. The summed E-state index contributed by atoms with van der Waals surface area (Å²) in [6, 6.07) is 0.527. The Morgan fingerprint density at radius 3 is 1.76 bits per heavy atom. The molecule has 0 radical (unpaired) electrons. The second-order valence-corrected chi connectivity index (χ2v) is 13.1. The zero-order chi connectivity index (χ0) is 37.3. The van der Waals surface area contributed by atoms with Gasteiger partial charge in [-0.15, -0.1) is 11.8 Å². The molecule has 1 heterocycles. The van der Waals surface area contributed by atoms with Gasteiger partial charge < -0.3 is 31.3 Å². The van der Waals surface area contributed by atoms with Gasteiger partial charge in [-0.2, -0.15) is 0 Å². The molecule has 2 aromatic carbocycles. The third-order valence-corrected chi connectivity index (χ3v) is 9.15. The second kappa shape index (κ2) is 17.9. The van der Waals surface area contributed by atoms with Crippen LogP contribution in [0.5, 0.6) is 0 Å². The van der Waals surface area contributed by atoms with Gasteiger partial charge in [-0.25, -0.2) is 17.6 Å². The number of amides is 4. The number of ether oxygens (including phenoxy) is 1. The molecular formula is C33H39F4N5O7S. The summed E-state index contributed by atoms with van der Waals surface area (Å²) in [7, 11) is 1.12. The SMILES string of the molecule is COC(=O)C(N)CC(C(=O)[C@H](C)NC(=O)Cc1cc(F)cc(F)c1)C1SCCN1C(=O)[C@H](C)NC(=O)[C@H](C)NC(=O)Cc1cc(F)cc(F)c1. The Balaban J connectivity index is 1.69. The smallest absolute Gasteiger partial charge is 0.322 e. The first-order valence-electron chi connectivity index (χ1n) is 15.6. The number of nitrogens with zero attached hydrogens (tertiary/aromatic N) is 1. The largest absolute Gasteiger partial charge is 0.468 e. The number of benzene rings is 2. The highest BCUT2D eigenvalue weighted by molar-refractivity contribution is 8.00. The second-order valence-electron chi connectivity index (χ2n) is 11.9. The third-order valence-electron chi connectivity index (χ3n) is 7.81. The fourth-order valence-electron chi connectivity index (χ4n) is 5.44. The van der Waals surface area contributed by atoms with Crippen molar-refractivity contribution in [2.45, 2.75) is 69.6 Å². The molecule has 0 aliphatic carbocycles. The van der Waals surface area contributed by atoms with Crippen LogP contribution in [0, 0.1) is 29.2 Å². The molecule has 0 saturated carbocycles. The van der Waals surface area contributed by atoms with E-state index in [-0.39, 0.29) is 24.1 Å². The number of thioether (sulfide) groups is 1. The summed E-state index contributed by atoms with van der Waals surface area (Å²) in [4.78, 5) is 79.0. The molecule has 5 N–H and O–H groups in total. The van der Waals surface area contributed by atoms with Crippen LogP contribution in [0.2, 0.25) is 0 Å². The number of esters is 1. The summed E-state index contributed by atoms with van der Waals surface area (Å²) in [5.41, 5.74) is 6.12. The van der Waals surface area contributed by atoms with Crippen molar-refractivity contribution in [3.05, 3.63) is 70.8 Å². The Labute approximate surface area is 290 Å². The molecule has 0 bridgehead atoms. The van der Waals surface area contributed by atoms with E-state index in [0.29, 0.717) is 17.9 Å². The van der Waals surface area contributed by atoms with Crippen LogP contribution in [0.25, 0.3) is 0 Å². The molecule has 6 atom stereocenters. The van der Waals surface area contributed by atoms with Crippen LogP contribution >= 0.6 is 11.8 Å². The molecule has 1 saturated heterocycles. The van der Waals surface area contributed by atoms with E-state index in [4.69, 9.17) is 10.5 Å². The first-order chi connectivity index (χ1) is 23.5. The van der Waals surface area contributed by atoms with Crippen molar-refractivity contribution in [2.24, 2.45) is 11.7 Å². The minimum atomic E-state index is -1.27. The molecule has 0 aromatic heterocycles. The fourth-order valence-corrected chi connectivity index (χ4v) is 6.85. The summed E-state index contributed by atoms with van der Waals surface area (Å²) in [6.07, 6.45) is -1.10. The van der Waals surface area contributed by atoms with Crippen molar-refractivity contribution in [3.63, 3.8) is 0 Å². The summed E-state index contributed by atoms with van der Waals surface area (Å²) in [6.45, 7) is 4.31. The number of methoxy groups -OCH3 is 1. The molecule has 0 spiro atoms. The van der Waals surface area contributed by atoms with Crippen LogP contribution in [0.4, 0.5) is 17.6 Å². The average molecular weight is 726 g/mol. The number of halogens is 4. The molecule has 12 nitrogen and oxygen atoms in total. The quantitative estimate of drug-likeness (QED) is 0.157. The fraction of sp³-hybridized carbons (Fsp3) is 0.455. The summed E-state index contributed by atoms with van der Waals surface area (Å²) < 4.78 is 58.9. The van der Waals surface area contributed by atoms with Crippen molar-refractivity contribution in [3.8, 4) is 0 Å². The van der Waals surface area contributed by atoms with E-state index in [1.165, 1.54) is 37.4 Å². The minimum Gasteiger partial charge on any atom is -0.468 e. The first-order valence-corrected chi connectivity index (χ1v) is 16.6. The molecule has 272 valence electrons. The highest BCUT2D eigenvalue weighted by Gasteiger charge is 2.43. The number of carbonyl (C=O) groups is 6. The van der Waals surface area contributed by atoms with Gasteiger partial charge in [0.2, 0.25) is 23.6 Å². The van der Waals surface area contributed by atoms with Crippen LogP contribution in [-0.2, 0) is 46.3 Å². The number of carbonyl (C=O) groups excluding carboxylic acids is 6. The molecule has 17 heteroatoms. The number of hydrogen-bond donors (Lipinski definition) is 4. The van der Waals surface area contributed by atoms with Gasteiger partial charge in [0, 0.05) is 24.4 Å². The number of ketones is 1. The van der Waals surface area contributed by atoms with E-state index < -0.39 is 107 Å². The van der Waals surface area contributed by atoms with E-state index >= 15 is 0 Å². The Hall–Kier alpha value is -4.51. The van der Waals surface area contributed by atoms with Gasteiger partial charge in [0.05, 0.1) is 37.3 Å². The lowest BCUT2D eigenvalue weighted by Gasteiger charge is -2.34.